The molecule has 3 N–H and O–H groups in total. The van der Waals surface area contributed by atoms with Crippen molar-refractivity contribution in [2.24, 2.45) is 0 Å². The molecule has 2 aliphatic carbocycles. The molecule has 11 nitrogen and oxygen atoms in total. The highest BCUT2D eigenvalue weighted by atomic mass is 16.6. The minimum absolute atomic E-state index is 0.0342. The van der Waals surface area contributed by atoms with Gasteiger partial charge in [-0.1, -0.05) is 111 Å². The predicted molar refractivity (Wildman–Crippen MR) is 187 cm³/mol. The van der Waals surface area contributed by atoms with Crippen LogP contribution in [-0.4, -0.2) is 65.3 Å². The van der Waals surface area contributed by atoms with Crippen LogP contribution in [0.5, 0.6) is 0 Å². The molecular weight excluding hydrogens is 636 g/mol. The van der Waals surface area contributed by atoms with Gasteiger partial charge < -0.3 is 30.7 Å². The van der Waals surface area contributed by atoms with E-state index in [4.69, 9.17) is 20.1 Å². The fourth-order valence-electron chi connectivity index (χ4n) is 6.42. The van der Waals surface area contributed by atoms with Gasteiger partial charge in [-0.3, -0.25) is 4.79 Å². The molecule has 0 unspecified atom stereocenters. The molecule has 0 spiro atoms. The monoisotopic (exact) mass is 674 g/mol. The van der Waals surface area contributed by atoms with E-state index in [0.29, 0.717) is 12.8 Å². The van der Waals surface area contributed by atoms with Gasteiger partial charge in [-0.25, -0.2) is 14.4 Å². The van der Waals surface area contributed by atoms with Gasteiger partial charge in [-0.15, -0.1) is 0 Å². The predicted octanol–water partition coefficient (Wildman–Crippen LogP) is 6.56. The number of Topliss-reactive ketones (excluding diaryl/α,β-unsaturated/α-hetero) is 1. The maximum atomic E-state index is 12.1. The number of nitrogens with zero attached hydrogens (tertiary/aromatic N) is 2. The topological polar surface area (TPSA) is 167 Å². The standard InChI is InChI=1S/C20H19N3O3.C19H19NO4/c1-2-18(19(24)11-22-21)23-20(25)26-12-17-15-9-5-3-7-13(15)14-8-4-6-10-16(14)17;1-2-17(18(21)22)20-19(23)24-11-16-14-9-5-3-7-12(14)13-8-4-6-10-15(13)16/h3-11,17-18H,2,12H2,1H3,(H,23,25);3-10,16-17H,2,11H2,1H3,(H,20,23)(H,21,22)/t18-;17-/m00/s1. The molecule has 2 amide bonds. The molecule has 0 aliphatic heterocycles. The normalized spacial score (nSPS) is 13.4. The van der Waals surface area contributed by atoms with E-state index in [1.54, 1.807) is 13.8 Å². The number of ketones is 1. The third-order valence-electron chi connectivity index (χ3n) is 8.91. The van der Waals surface area contributed by atoms with Crippen molar-refractivity contribution >= 4 is 30.2 Å². The maximum absolute atomic E-state index is 12.1. The number of carboxylic acids is 1. The van der Waals surface area contributed by atoms with Gasteiger partial charge in [0, 0.05) is 11.8 Å². The first-order chi connectivity index (χ1) is 24.3. The summed E-state index contributed by atoms with van der Waals surface area (Å²) in [7, 11) is 0. The molecule has 0 saturated carbocycles. The van der Waals surface area contributed by atoms with Crippen molar-refractivity contribution in [3.05, 3.63) is 125 Å². The average Bonchev–Trinajstić information content (AvgIpc) is 3.63. The lowest BCUT2D eigenvalue weighted by atomic mass is 9.98. The summed E-state index contributed by atoms with van der Waals surface area (Å²) in [6, 6.07) is 30.5. The number of benzene rings is 4. The van der Waals surface area contributed by atoms with E-state index >= 15 is 0 Å². The van der Waals surface area contributed by atoms with Gasteiger partial charge in [0.05, 0.1) is 0 Å². The Balaban J connectivity index is 0.000000195. The van der Waals surface area contributed by atoms with Crippen LogP contribution in [0.4, 0.5) is 9.59 Å². The summed E-state index contributed by atoms with van der Waals surface area (Å²) in [6.45, 7) is 3.80. The molecule has 11 heteroatoms. The quantitative estimate of drug-likeness (QED) is 0.0920. The van der Waals surface area contributed by atoms with Gasteiger partial charge >= 0.3 is 24.4 Å². The van der Waals surface area contributed by atoms with Crippen LogP contribution in [0, 0.1) is 0 Å². The largest absolute Gasteiger partial charge is 0.480 e. The lowest BCUT2D eigenvalue weighted by Gasteiger charge is -2.16. The number of carboxylic acid groups (broad SMARTS) is 1. The minimum Gasteiger partial charge on any atom is -0.480 e. The first-order valence-electron chi connectivity index (χ1n) is 16.4. The van der Waals surface area contributed by atoms with Gasteiger partial charge in [-0.05, 0) is 57.3 Å². The number of amides is 2. The Morgan fingerprint density at radius 2 is 1.00 bits per heavy atom. The molecule has 4 aromatic rings. The highest BCUT2D eigenvalue weighted by Gasteiger charge is 2.31. The zero-order valence-corrected chi connectivity index (χ0v) is 27.7. The lowest BCUT2D eigenvalue weighted by Crippen LogP contribution is -2.41. The van der Waals surface area contributed by atoms with Crippen molar-refractivity contribution in [3.63, 3.8) is 0 Å². The number of hydrogen-bond donors (Lipinski definition) is 3. The molecule has 0 heterocycles. The van der Waals surface area contributed by atoms with Crippen LogP contribution < -0.4 is 10.6 Å². The summed E-state index contributed by atoms with van der Waals surface area (Å²) in [5.41, 5.74) is 17.5. The zero-order valence-electron chi connectivity index (χ0n) is 27.7. The van der Waals surface area contributed by atoms with E-state index in [2.05, 4.69) is 39.7 Å². The molecular formula is C39H38N4O7. The summed E-state index contributed by atoms with van der Waals surface area (Å²) in [5, 5.41) is 13.9. The Kier molecular flexibility index (Phi) is 11.5. The van der Waals surface area contributed by atoms with Crippen LogP contribution in [0.25, 0.3) is 27.8 Å². The van der Waals surface area contributed by atoms with Crippen molar-refractivity contribution in [3.8, 4) is 22.3 Å². The Morgan fingerprint density at radius 1 is 0.660 bits per heavy atom. The first kappa shape index (κ1) is 35.3. The van der Waals surface area contributed by atoms with Gasteiger partial charge in [0.1, 0.15) is 25.3 Å². The molecule has 256 valence electrons. The van der Waals surface area contributed by atoms with E-state index < -0.39 is 36.0 Å². The van der Waals surface area contributed by atoms with Crippen LogP contribution in [0.15, 0.2) is 97.1 Å². The van der Waals surface area contributed by atoms with E-state index in [0.717, 1.165) is 50.7 Å². The van der Waals surface area contributed by atoms with E-state index in [1.807, 2.05) is 72.8 Å². The van der Waals surface area contributed by atoms with Crippen LogP contribution in [0.3, 0.4) is 0 Å². The molecule has 2 aliphatic rings. The maximum Gasteiger partial charge on any atom is 0.407 e. The molecule has 50 heavy (non-hydrogen) atoms. The number of nitrogens with one attached hydrogen (secondary N) is 2. The van der Waals surface area contributed by atoms with Crippen LogP contribution in [-0.2, 0) is 19.1 Å². The van der Waals surface area contributed by atoms with Crippen molar-refractivity contribution in [2.75, 3.05) is 13.2 Å². The number of ether oxygens (including phenoxy) is 2. The Labute approximate surface area is 289 Å². The summed E-state index contributed by atoms with van der Waals surface area (Å²) >= 11 is 0. The van der Waals surface area contributed by atoms with E-state index in [1.165, 1.54) is 0 Å². The van der Waals surface area contributed by atoms with Gasteiger partial charge in [-0.2, -0.15) is 4.79 Å². The highest BCUT2D eigenvalue weighted by molar-refractivity contribution is 6.28. The number of rotatable bonds is 11. The fourth-order valence-corrected chi connectivity index (χ4v) is 6.42. The van der Waals surface area contributed by atoms with Crippen molar-refractivity contribution < 1.29 is 38.5 Å². The van der Waals surface area contributed by atoms with Crippen molar-refractivity contribution in [1.29, 1.82) is 0 Å². The number of alkyl carbamates (subject to hydrolysis) is 2. The summed E-state index contributed by atoms with van der Waals surface area (Å²) < 4.78 is 10.7. The van der Waals surface area contributed by atoms with Gasteiger partial charge in [0.25, 0.3) is 5.78 Å². The third kappa shape index (κ3) is 7.80. The second kappa shape index (κ2) is 16.4. The molecule has 0 saturated heterocycles. The second-order valence-corrected chi connectivity index (χ2v) is 11.8. The van der Waals surface area contributed by atoms with Crippen LogP contribution >= 0.6 is 0 Å². The summed E-state index contributed by atoms with van der Waals surface area (Å²) in [5.74, 6) is -1.62. The SMILES string of the molecule is CC[C@H](NC(=O)OCC1c2ccccc2-c2ccccc21)C(=O)C=[N+]=[N-].CC[C@H](NC(=O)OCC1c2ccccc2-c2ccccc21)C(=O)O. The third-order valence-corrected chi connectivity index (χ3v) is 8.91. The molecule has 6 rings (SSSR count). The number of aliphatic carboxylic acids is 1. The van der Waals surface area contributed by atoms with E-state index in [9.17, 15) is 19.2 Å². The molecule has 4 aromatic carbocycles. The molecule has 0 fully saturated rings. The number of fused-ring (bicyclic) bond motifs is 6. The highest BCUT2D eigenvalue weighted by Crippen LogP contribution is 2.45. The molecule has 2 atom stereocenters. The summed E-state index contributed by atoms with van der Waals surface area (Å²) in [4.78, 5) is 49.4. The molecule has 0 radical (unpaired) electrons. The van der Waals surface area contributed by atoms with Crippen molar-refractivity contribution in [2.45, 2.75) is 50.6 Å². The fraction of sp³-hybridized carbons (Fsp3) is 0.256. The number of carbonyl (C=O) groups is 4. The van der Waals surface area contributed by atoms with Crippen molar-refractivity contribution in [1.82, 2.24) is 10.6 Å². The van der Waals surface area contributed by atoms with Gasteiger partial charge in [0.2, 0.25) is 0 Å². The minimum atomic E-state index is -1.06. The van der Waals surface area contributed by atoms with E-state index in [-0.39, 0.29) is 25.0 Å². The summed E-state index contributed by atoms with van der Waals surface area (Å²) in [6.07, 6.45) is 0.0801. The number of hydrogen-bond acceptors (Lipinski definition) is 6. The smallest absolute Gasteiger partial charge is 0.407 e. The Bertz CT molecular complexity index is 1850. The Hall–Kier alpha value is -6.06. The lowest BCUT2D eigenvalue weighted by molar-refractivity contribution is -0.139. The second-order valence-electron chi connectivity index (χ2n) is 11.8. The first-order valence-corrected chi connectivity index (χ1v) is 16.4. The van der Waals surface area contributed by atoms with Crippen LogP contribution in [0.1, 0.15) is 60.8 Å². The van der Waals surface area contributed by atoms with Gasteiger partial charge in [0.15, 0.2) is 0 Å². The Morgan fingerprint density at radius 3 is 1.32 bits per heavy atom. The van der Waals surface area contributed by atoms with Crippen LogP contribution in [0.2, 0.25) is 0 Å². The molecule has 0 bridgehead atoms. The zero-order chi connectivity index (χ0) is 35.6. The number of carbonyl (C=O) groups excluding carboxylic acids is 3. The molecule has 0 aromatic heterocycles. The average molecular weight is 675 g/mol.